The third-order valence-corrected chi connectivity index (χ3v) is 2.92. The fourth-order valence-electron chi connectivity index (χ4n) is 1.65. The van der Waals surface area contributed by atoms with Gasteiger partial charge in [0.15, 0.2) is 0 Å². The normalized spacial score (nSPS) is 14.8. The first-order valence-electron chi connectivity index (χ1n) is 5.89. The Balaban J connectivity index is 3.79. The number of hydrogen-bond acceptors (Lipinski definition) is 2. The van der Waals surface area contributed by atoms with Crippen molar-refractivity contribution in [1.82, 2.24) is 5.32 Å². The van der Waals surface area contributed by atoms with Gasteiger partial charge < -0.3 is 10.4 Å². The Hall–Kier alpha value is -0.0800. The standard InChI is InChI=1S/C12H27NO/c1-6-12(14,7-2)9-13-11(5)8-10(3)4/h10-11,13-14H,6-9H2,1-5H3. The molecule has 0 fully saturated rings. The maximum Gasteiger partial charge on any atom is 0.0766 e. The largest absolute Gasteiger partial charge is 0.389 e. The smallest absolute Gasteiger partial charge is 0.0766 e. The highest BCUT2D eigenvalue weighted by molar-refractivity contribution is 4.79. The van der Waals surface area contributed by atoms with Gasteiger partial charge in [0.2, 0.25) is 0 Å². The molecule has 2 nitrogen and oxygen atoms in total. The first kappa shape index (κ1) is 13.9. The second kappa shape index (κ2) is 6.41. The van der Waals surface area contributed by atoms with Gasteiger partial charge in [-0.3, -0.25) is 0 Å². The van der Waals surface area contributed by atoms with Crippen molar-refractivity contribution in [3.8, 4) is 0 Å². The van der Waals surface area contributed by atoms with Crippen molar-refractivity contribution in [1.29, 1.82) is 0 Å². The number of rotatable bonds is 7. The molecule has 0 amide bonds. The lowest BCUT2D eigenvalue weighted by Crippen LogP contribution is -2.43. The molecule has 86 valence electrons. The van der Waals surface area contributed by atoms with Crippen LogP contribution in [0.4, 0.5) is 0 Å². The molecule has 0 spiro atoms. The molecule has 0 aromatic heterocycles. The van der Waals surface area contributed by atoms with Crippen LogP contribution in [0.5, 0.6) is 0 Å². The number of nitrogens with one attached hydrogen (secondary N) is 1. The molecule has 2 N–H and O–H groups in total. The van der Waals surface area contributed by atoms with E-state index < -0.39 is 5.60 Å². The average molecular weight is 201 g/mol. The van der Waals surface area contributed by atoms with Crippen LogP contribution in [0.1, 0.15) is 53.9 Å². The zero-order valence-corrected chi connectivity index (χ0v) is 10.4. The topological polar surface area (TPSA) is 32.3 Å². The molecule has 0 aliphatic carbocycles. The summed E-state index contributed by atoms with van der Waals surface area (Å²) in [4.78, 5) is 0. The van der Waals surface area contributed by atoms with E-state index in [2.05, 4.69) is 26.1 Å². The summed E-state index contributed by atoms with van der Waals surface area (Å²) >= 11 is 0. The summed E-state index contributed by atoms with van der Waals surface area (Å²) in [5.41, 5.74) is -0.509. The van der Waals surface area contributed by atoms with Crippen molar-refractivity contribution in [2.45, 2.75) is 65.5 Å². The minimum Gasteiger partial charge on any atom is -0.389 e. The van der Waals surface area contributed by atoms with E-state index in [4.69, 9.17) is 0 Å². The zero-order valence-electron chi connectivity index (χ0n) is 10.4. The Kier molecular flexibility index (Phi) is 6.38. The molecular formula is C12H27NO. The Bertz CT molecular complexity index is 141. The Labute approximate surface area is 89.1 Å². The Morgan fingerprint density at radius 3 is 2.00 bits per heavy atom. The fourth-order valence-corrected chi connectivity index (χ4v) is 1.65. The number of hydrogen-bond donors (Lipinski definition) is 2. The van der Waals surface area contributed by atoms with E-state index in [0.29, 0.717) is 18.5 Å². The van der Waals surface area contributed by atoms with Gasteiger partial charge in [-0.25, -0.2) is 0 Å². The molecule has 0 saturated heterocycles. The van der Waals surface area contributed by atoms with Crippen LogP contribution in [0, 0.1) is 5.92 Å². The van der Waals surface area contributed by atoms with Crippen molar-refractivity contribution in [2.75, 3.05) is 6.54 Å². The van der Waals surface area contributed by atoms with Crippen LogP contribution < -0.4 is 5.32 Å². The van der Waals surface area contributed by atoms with E-state index >= 15 is 0 Å². The third-order valence-electron chi connectivity index (χ3n) is 2.92. The van der Waals surface area contributed by atoms with E-state index in [1.807, 2.05) is 13.8 Å². The van der Waals surface area contributed by atoms with E-state index in [0.717, 1.165) is 12.8 Å². The highest BCUT2D eigenvalue weighted by Crippen LogP contribution is 2.14. The molecular weight excluding hydrogens is 174 g/mol. The van der Waals surface area contributed by atoms with E-state index in [1.165, 1.54) is 6.42 Å². The predicted molar refractivity (Wildman–Crippen MR) is 62.5 cm³/mol. The second-order valence-electron chi connectivity index (χ2n) is 4.84. The van der Waals surface area contributed by atoms with Gasteiger partial charge in [0, 0.05) is 12.6 Å². The van der Waals surface area contributed by atoms with Crippen LogP contribution in [0.2, 0.25) is 0 Å². The summed E-state index contributed by atoms with van der Waals surface area (Å²) in [6.45, 7) is 11.4. The van der Waals surface area contributed by atoms with Crippen LogP contribution >= 0.6 is 0 Å². The van der Waals surface area contributed by atoms with Crippen LogP contribution in [-0.2, 0) is 0 Å². The molecule has 0 aromatic carbocycles. The monoisotopic (exact) mass is 201 g/mol. The highest BCUT2D eigenvalue weighted by Gasteiger charge is 2.22. The van der Waals surface area contributed by atoms with Gasteiger partial charge in [-0.2, -0.15) is 0 Å². The quantitative estimate of drug-likeness (QED) is 0.663. The third kappa shape index (κ3) is 5.61. The van der Waals surface area contributed by atoms with Crippen molar-refractivity contribution < 1.29 is 5.11 Å². The van der Waals surface area contributed by atoms with E-state index in [1.54, 1.807) is 0 Å². The lowest BCUT2D eigenvalue weighted by molar-refractivity contribution is 0.0298. The highest BCUT2D eigenvalue weighted by atomic mass is 16.3. The summed E-state index contributed by atoms with van der Waals surface area (Å²) in [5.74, 6) is 0.717. The summed E-state index contributed by atoms with van der Waals surface area (Å²) in [6, 6.07) is 0.500. The molecule has 0 bridgehead atoms. The molecule has 1 unspecified atom stereocenters. The van der Waals surface area contributed by atoms with Crippen LogP contribution in [0.3, 0.4) is 0 Å². The van der Waals surface area contributed by atoms with Crippen molar-refractivity contribution >= 4 is 0 Å². The lowest BCUT2D eigenvalue weighted by atomic mass is 9.96. The van der Waals surface area contributed by atoms with E-state index in [-0.39, 0.29) is 0 Å². The van der Waals surface area contributed by atoms with Crippen LogP contribution in [0.15, 0.2) is 0 Å². The van der Waals surface area contributed by atoms with Gasteiger partial charge in [-0.15, -0.1) is 0 Å². The van der Waals surface area contributed by atoms with Crippen molar-refractivity contribution in [2.24, 2.45) is 5.92 Å². The van der Waals surface area contributed by atoms with Crippen LogP contribution in [0.25, 0.3) is 0 Å². The summed E-state index contributed by atoms with van der Waals surface area (Å²) in [6.07, 6.45) is 2.82. The van der Waals surface area contributed by atoms with Crippen molar-refractivity contribution in [3.05, 3.63) is 0 Å². The van der Waals surface area contributed by atoms with Gasteiger partial charge >= 0.3 is 0 Å². The Morgan fingerprint density at radius 1 is 1.14 bits per heavy atom. The molecule has 0 rings (SSSR count). The van der Waals surface area contributed by atoms with Crippen LogP contribution in [-0.4, -0.2) is 23.3 Å². The molecule has 0 aromatic rings. The number of aliphatic hydroxyl groups is 1. The molecule has 1 atom stereocenters. The molecule has 14 heavy (non-hydrogen) atoms. The molecule has 0 aliphatic heterocycles. The first-order valence-corrected chi connectivity index (χ1v) is 5.89. The first-order chi connectivity index (χ1) is 6.43. The maximum atomic E-state index is 10.0. The van der Waals surface area contributed by atoms with Gasteiger partial charge in [0.25, 0.3) is 0 Å². The minimum atomic E-state index is -0.509. The maximum absolute atomic E-state index is 10.0. The minimum absolute atomic E-state index is 0.500. The molecule has 0 aliphatic rings. The van der Waals surface area contributed by atoms with Gasteiger partial charge in [0.1, 0.15) is 0 Å². The SMILES string of the molecule is CCC(O)(CC)CNC(C)CC(C)C. The second-order valence-corrected chi connectivity index (χ2v) is 4.84. The molecule has 0 radical (unpaired) electrons. The summed E-state index contributed by atoms with van der Waals surface area (Å²) in [5, 5.41) is 13.5. The molecule has 0 saturated carbocycles. The lowest BCUT2D eigenvalue weighted by Gasteiger charge is -2.28. The zero-order chi connectivity index (χ0) is 11.2. The average Bonchev–Trinajstić information content (AvgIpc) is 2.13. The van der Waals surface area contributed by atoms with Gasteiger partial charge in [-0.05, 0) is 32.1 Å². The predicted octanol–water partition coefficient (Wildman–Crippen LogP) is 2.56. The summed E-state index contributed by atoms with van der Waals surface area (Å²) < 4.78 is 0. The van der Waals surface area contributed by atoms with E-state index in [9.17, 15) is 5.11 Å². The molecule has 0 heterocycles. The van der Waals surface area contributed by atoms with Gasteiger partial charge in [-0.1, -0.05) is 27.7 Å². The molecule has 2 heteroatoms. The fraction of sp³-hybridized carbons (Fsp3) is 1.00. The summed E-state index contributed by atoms with van der Waals surface area (Å²) in [7, 11) is 0. The van der Waals surface area contributed by atoms with Crippen molar-refractivity contribution in [3.63, 3.8) is 0 Å². The Morgan fingerprint density at radius 2 is 1.64 bits per heavy atom. The van der Waals surface area contributed by atoms with Gasteiger partial charge in [0.05, 0.1) is 5.60 Å².